The highest BCUT2D eigenvalue weighted by Gasteiger charge is 2.14. The van der Waals surface area contributed by atoms with Gasteiger partial charge in [0.25, 0.3) is 0 Å². The van der Waals surface area contributed by atoms with Crippen LogP contribution in [-0.2, 0) is 11.3 Å². The normalized spacial score (nSPS) is 12.2. The summed E-state index contributed by atoms with van der Waals surface area (Å²) in [6.07, 6.45) is -0.579. The molecule has 0 bridgehead atoms. The fourth-order valence-corrected chi connectivity index (χ4v) is 2.70. The average molecular weight is 359 g/mol. The Bertz CT molecular complexity index is 645. The van der Waals surface area contributed by atoms with E-state index in [1.165, 1.54) is 0 Å². The second kappa shape index (κ2) is 10.8. The number of aliphatic hydroxyl groups is 1. The van der Waals surface area contributed by atoms with Crippen LogP contribution in [0.25, 0.3) is 0 Å². The molecule has 0 aliphatic carbocycles. The van der Waals surface area contributed by atoms with Crippen LogP contribution in [0.2, 0.25) is 0 Å². The van der Waals surface area contributed by atoms with Crippen molar-refractivity contribution in [2.75, 3.05) is 40.5 Å². The molecule has 5 heteroatoms. The number of aliphatic hydroxyl groups excluding tert-OH is 1. The number of methoxy groups -OCH3 is 2. The van der Waals surface area contributed by atoms with Gasteiger partial charge in [0.2, 0.25) is 0 Å². The highest BCUT2D eigenvalue weighted by Crippen LogP contribution is 2.17. The minimum Gasteiger partial charge on any atom is -0.497 e. The molecule has 0 spiro atoms. The van der Waals surface area contributed by atoms with E-state index in [9.17, 15) is 5.11 Å². The zero-order valence-electron chi connectivity index (χ0n) is 15.9. The summed E-state index contributed by atoms with van der Waals surface area (Å²) < 4.78 is 16.2. The highest BCUT2D eigenvalue weighted by molar-refractivity contribution is 5.31. The van der Waals surface area contributed by atoms with Crippen LogP contribution in [0, 0.1) is 6.92 Å². The molecule has 0 radical (unpaired) electrons. The van der Waals surface area contributed by atoms with Crippen LogP contribution < -0.4 is 9.47 Å². The van der Waals surface area contributed by atoms with Gasteiger partial charge in [-0.15, -0.1) is 0 Å². The van der Waals surface area contributed by atoms with Crippen molar-refractivity contribution in [1.82, 2.24) is 4.90 Å². The first-order chi connectivity index (χ1) is 12.6. The molecule has 1 N–H and O–H groups in total. The highest BCUT2D eigenvalue weighted by atomic mass is 16.5. The summed E-state index contributed by atoms with van der Waals surface area (Å²) in [6.45, 7) is 4.86. The standard InChI is InChI=1S/C21H29NO4/c1-17-6-4-5-7-21(17)26-16-19(23)15-22(12-13-24-2)14-18-8-10-20(25-3)11-9-18/h4-11,19,23H,12-16H2,1-3H3/t19-/m1/s1. The van der Waals surface area contributed by atoms with Gasteiger partial charge in [0.1, 0.15) is 24.2 Å². The maximum atomic E-state index is 10.4. The summed E-state index contributed by atoms with van der Waals surface area (Å²) in [7, 11) is 3.34. The van der Waals surface area contributed by atoms with Crippen molar-refractivity contribution in [3.05, 3.63) is 59.7 Å². The predicted molar refractivity (Wildman–Crippen MR) is 103 cm³/mol. The van der Waals surface area contributed by atoms with Crippen LogP contribution in [0.1, 0.15) is 11.1 Å². The lowest BCUT2D eigenvalue weighted by Crippen LogP contribution is -2.37. The Labute approximate surface area is 156 Å². The predicted octanol–water partition coefficient (Wildman–Crippen LogP) is 2.89. The molecule has 0 heterocycles. The van der Waals surface area contributed by atoms with Crippen LogP contribution >= 0.6 is 0 Å². The van der Waals surface area contributed by atoms with Crippen molar-refractivity contribution in [3.63, 3.8) is 0 Å². The number of rotatable bonds is 11. The number of hydrogen-bond donors (Lipinski definition) is 1. The van der Waals surface area contributed by atoms with Gasteiger partial charge in [0.15, 0.2) is 0 Å². The van der Waals surface area contributed by atoms with Crippen LogP contribution in [0.3, 0.4) is 0 Å². The number of hydrogen-bond acceptors (Lipinski definition) is 5. The maximum absolute atomic E-state index is 10.4. The summed E-state index contributed by atoms with van der Waals surface area (Å²) in [5.41, 5.74) is 2.23. The second-order valence-electron chi connectivity index (χ2n) is 6.31. The minimum absolute atomic E-state index is 0.261. The summed E-state index contributed by atoms with van der Waals surface area (Å²) >= 11 is 0. The molecule has 0 aliphatic rings. The van der Waals surface area contributed by atoms with Gasteiger partial charge in [-0.05, 0) is 36.2 Å². The number of nitrogens with zero attached hydrogens (tertiary/aromatic N) is 1. The smallest absolute Gasteiger partial charge is 0.122 e. The third-order valence-corrected chi connectivity index (χ3v) is 4.17. The Morgan fingerprint density at radius 2 is 1.77 bits per heavy atom. The molecule has 2 aromatic carbocycles. The number of para-hydroxylation sites is 1. The zero-order chi connectivity index (χ0) is 18.8. The summed E-state index contributed by atoms with van der Waals surface area (Å²) in [5.74, 6) is 1.65. The third-order valence-electron chi connectivity index (χ3n) is 4.17. The average Bonchev–Trinajstić information content (AvgIpc) is 2.66. The lowest BCUT2D eigenvalue weighted by atomic mass is 10.2. The molecule has 0 unspecified atom stereocenters. The largest absolute Gasteiger partial charge is 0.497 e. The molecule has 0 saturated carbocycles. The fraction of sp³-hybridized carbons (Fsp3) is 0.429. The van der Waals surface area contributed by atoms with Gasteiger partial charge in [-0.25, -0.2) is 0 Å². The Morgan fingerprint density at radius 3 is 2.42 bits per heavy atom. The fourth-order valence-electron chi connectivity index (χ4n) is 2.70. The molecule has 5 nitrogen and oxygen atoms in total. The molecule has 2 aromatic rings. The van der Waals surface area contributed by atoms with Crippen molar-refractivity contribution >= 4 is 0 Å². The van der Waals surface area contributed by atoms with Crippen LogP contribution in [0.5, 0.6) is 11.5 Å². The van der Waals surface area contributed by atoms with Gasteiger partial charge in [-0.2, -0.15) is 0 Å². The SMILES string of the molecule is COCCN(Cc1ccc(OC)cc1)C[C@@H](O)COc1ccccc1C. The van der Waals surface area contributed by atoms with E-state index in [2.05, 4.69) is 4.90 Å². The van der Waals surface area contributed by atoms with Gasteiger partial charge in [-0.1, -0.05) is 30.3 Å². The molecule has 0 fully saturated rings. The summed E-state index contributed by atoms with van der Waals surface area (Å²) in [4.78, 5) is 2.16. The zero-order valence-corrected chi connectivity index (χ0v) is 15.9. The molecule has 1 atom stereocenters. The van der Waals surface area contributed by atoms with Gasteiger partial charge >= 0.3 is 0 Å². The summed E-state index contributed by atoms with van der Waals surface area (Å²) in [5, 5.41) is 10.4. The third kappa shape index (κ3) is 6.67. The number of ether oxygens (including phenoxy) is 3. The van der Waals surface area contributed by atoms with E-state index in [4.69, 9.17) is 14.2 Å². The van der Waals surface area contributed by atoms with E-state index in [1.54, 1.807) is 14.2 Å². The van der Waals surface area contributed by atoms with Gasteiger partial charge in [-0.3, -0.25) is 4.90 Å². The molecular formula is C21H29NO4. The molecule has 2 rings (SSSR count). The molecular weight excluding hydrogens is 330 g/mol. The van der Waals surface area contributed by atoms with Crippen LogP contribution in [0.4, 0.5) is 0 Å². The first kappa shape index (κ1) is 20.2. The topological polar surface area (TPSA) is 51.2 Å². The molecule has 142 valence electrons. The van der Waals surface area contributed by atoms with Crippen LogP contribution in [0.15, 0.2) is 48.5 Å². The lowest BCUT2D eigenvalue weighted by molar-refractivity contribution is 0.0540. The van der Waals surface area contributed by atoms with Gasteiger partial charge in [0.05, 0.1) is 13.7 Å². The van der Waals surface area contributed by atoms with E-state index in [0.29, 0.717) is 13.2 Å². The second-order valence-corrected chi connectivity index (χ2v) is 6.31. The first-order valence-electron chi connectivity index (χ1n) is 8.83. The van der Waals surface area contributed by atoms with Gasteiger partial charge in [0, 0.05) is 26.7 Å². The van der Waals surface area contributed by atoms with Crippen LogP contribution in [-0.4, -0.2) is 56.6 Å². The van der Waals surface area contributed by atoms with Gasteiger partial charge < -0.3 is 19.3 Å². The van der Waals surface area contributed by atoms with E-state index in [-0.39, 0.29) is 6.61 Å². The summed E-state index contributed by atoms with van der Waals surface area (Å²) in [6, 6.07) is 15.8. The van der Waals surface area contributed by atoms with Crippen molar-refractivity contribution in [2.45, 2.75) is 19.6 Å². The quantitative estimate of drug-likeness (QED) is 0.669. The molecule has 0 saturated heterocycles. The molecule has 26 heavy (non-hydrogen) atoms. The lowest BCUT2D eigenvalue weighted by Gasteiger charge is -2.25. The van der Waals surface area contributed by atoms with E-state index in [0.717, 1.165) is 35.7 Å². The monoisotopic (exact) mass is 359 g/mol. The minimum atomic E-state index is -0.579. The Balaban J connectivity index is 1.89. The Kier molecular flexibility index (Phi) is 8.41. The molecule has 0 aromatic heterocycles. The Morgan fingerprint density at radius 1 is 1.04 bits per heavy atom. The van der Waals surface area contributed by atoms with Crippen molar-refractivity contribution in [2.24, 2.45) is 0 Å². The van der Waals surface area contributed by atoms with E-state index in [1.807, 2.05) is 55.5 Å². The first-order valence-corrected chi connectivity index (χ1v) is 8.83. The van der Waals surface area contributed by atoms with E-state index < -0.39 is 6.10 Å². The van der Waals surface area contributed by atoms with Crippen molar-refractivity contribution in [3.8, 4) is 11.5 Å². The number of benzene rings is 2. The maximum Gasteiger partial charge on any atom is 0.122 e. The van der Waals surface area contributed by atoms with E-state index >= 15 is 0 Å². The Hall–Kier alpha value is -2.08. The van der Waals surface area contributed by atoms with Crippen molar-refractivity contribution in [1.29, 1.82) is 0 Å². The molecule has 0 amide bonds. The van der Waals surface area contributed by atoms with Crippen molar-refractivity contribution < 1.29 is 19.3 Å². The molecule has 0 aliphatic heterocycles. The number of aryl methyl sites for hydroxylation is 1.